The van der Waals surface area contributed by atoms with E-state index in [1.165, 1.54) is 11.8 Å². The SMILES string of the molecule is CCSC1COC(C(=O)c2ccccc2)(C(=O)c2ccccc2)O1. The van der Waals surface area contributed by atoms with Gasteiger partial charge in [-0.25, -0.2) is 0 Å². The van der Waals surface area contributed by atoms with E-state index in [0.29, 0.717) is 11.1 Å². The number of benzene rings is 2. The van der Waals surface area contributed by atoms with Crippen LogP contribution in [0.1, 0.15) is 27.6 Å². The average molecular weight is 342 g/mol. The summed E-state index contributed by atoms with van der Waals surface area (Å²) in [5, 5.41) is 0. The molecule has 1 aliphatic heterocycles. The maximum Gasteiger partial charge on any atom is 0.301 e. The molecule has 0 radical (unpaired) electrons. The fourth-order valence-electron chi connectivity index (χ4n) is 2.61. The van der Waals surface area contributed by atoms with Crippen molar-refractivity contribution in [1.29, 1.82) is 0 Å². The highest BCUT2D eigenvalue weighted by molar-refractivity contribution is 7.99. The van der Waals surface area contributed by atoms with Gasteiger partial charge in [0.05, 0.1) is 6.61 Å². The fraction of sp³-hybridized carbons (Fsp3) is 0.263. The van der Waals surface area contributed by atoms with Gasteiger partial charge in [-0.2, -0.15) is 0 Å². The summed E-state index contributed by atoms with van der Waals surface area (Å²) in [7, 11) is 0. The van der Waals surface area contributed by atoms with E-state index >= 15 is 0 Å². The number of carbonyl (C=O) groups excluding carboxylic acids is 2. The number of hydrogen-bond acceptors (Lipinski definition) is 5. The van der Waals surface area contributed by atoms with Crippen LogP contribution in [0.15, 0.2) is 60.7 Å². The average Bonchev–Trinajstić information content (AvgIpc) is 3.07. The van der Waals surface area contributed by atoms with Crippen molar-refractivity contribution in [3.8, 4) is 0 Å². The van der Waals surface area contributed by atoms with E-state index in [0.717, 1.165) is 5.75 Å². The van der Waals surface area contributed by atoms with Gasteiger partial charge in [0.2, 0.25) is 11.6 Å². The molecule has 124 valence electrons. The van der Waals surface area contributed by atoms with Gasteiger partial charge >= 0.3 is 5.79 Å². The zero-order chi connectivity index (χ0) is 17.0. The maximum absolute atomic E-state index is 13.1. The minimum absolute atomic E-state index is 0.204. The van der Waals surface area contributed by atoms with Crippen molar-refractivity contribution in [3.05, 3.63) is 71.8 Å². The van der Waals surface area contributed by atoms with Crippen LogP contribution < -0.4 is 0 Å². The van der Waals surface area contributed by atoms with E-state index < -0.39 is 17.4 Å². The highest BCUT2D eigenvalue weighted by atomic mass is 32.2. The lowest BCUT2D eigenvalue weighted by Crippen LogP contribution is -2.48. The first-order valence-electron chi connectivity index (χ1n) is 7.80. The van der Waals surface area contributed by atoms with Gasteiger partial charge in [-0.05, 0) is 5.75 Å². The normalized spacial score (nSPS) is 19.1. The molecule has 0 spiro atoms. The Morgan fingerprint density at radius 3 is 1.96 bits per heavy atom. The van der Waals surface area contributed by atoms with E-state index in [1.54, 1.807) is 48.5 Å². The Balaban J connectivity index is 1.99. The first kappa shape index (κ1) is 16.9. The van der Waals surface area contributed by atoms with Crippen molar-refractivity contribution in [2.45, 2.75) is 18.1 Å². The van der Waals surface area contributed by atoms with Crippen molar-refractivity contribution < 1.29 is 19.1 Å². The molecule has 0 N–H and O–H groups in total. The summed E-state index contributed by atoms with van der Waals surface area (Å²) in [4.78, 5) is 26.1. The molecule has 0 aliphatic carbocycles. The highest BCUT2D eigenvalue weighted by Crippen LogP contribution is 2.35. The Bertz CT molecular complexity index is 663. The number of ether oxygens (including phenoxy) is 2. The second-order valence-corrected chi connectivity index (χ2v) is 6.76. The minimum Gasteiger partial charge on any atom is -0.333 e. The van der Waals surface area contributed by atoms with E-state index in [4.69, 9.17) is 9.47 Å². The Kier molecular flexibility index (Phi) is 5.14. The predicted octanol–water partition coefficient (Wildman–Crippen LogP) is 3.57. The third-order valence-electron chi connectivity index (χ3n) is 3.74. The molecule has 4 nitrogen and oxygen atoms in total. The van der Waals surface area contributed by atoms with Crippen LogP contribution in [0.25, 0.3) is 0 Å². The number of rotatable bonds is 6. The smallest absolute Gasteiger partial charge is 0.301 e. The Morgan fingerprint density at radius 1 is 1.00 bits per heavy atom. The van der Waals surface area contributed by atoms with Gasteiger partial charge in [-0.3, -0.25) is 9.59 Å². The molecule has 1 fully saturated rings. The monoisotopic (exact) mass is 342 g/mol. The Labute approximate surface area is 145 Å². The minimum atomic E-state index is -1.91. The van der Waals surface area contributed by atoms with Crippen LogP contribution in [0.3, 0.4) is 0 Å². The van der Waals surface area contributed by atoms with Crippen molar-refractivity contribution in [2.24, 2.45) is 0 Å². The molecular weight excluding hydrogens is 324 g/mol. The first-order valence-corrected chi connectivity index (χ1v) is 8.85. The van der Waals surface area contributed by atoms with Crippen molar-refractivity contribution in [2.75, 3.05) is 12.4 Å². The van der Waals surface area contributed by atoms with E-state index in [-0.39, 0.29) is 12.0 Å². The second kappa shape index (κ2) is 7.30. The molecule has 5 heteroatoms. The number of hydrogen-bond donors (Lipinski definition) is 0. The molecular formula is C19H18O4S. The zero-order valence-electron chi connectivity index (χ0n) is 13.3. The van der Waals surface area contributed by atoms with Gasteiger partial charge in [-0.1, -0.05) is 67.6 Å². The van der Waals surface area contributed by atoms with E-state index in [2.05, 4.69) is 0 Å². The third-order valence-corrected chi connectivity index (χ3v) is 4.68. The molecule has 1 aliphatic rings. The molecule has 0 amide bonds. The standard InChI is InChI=1S/C19H18O4S/c1-2-24-16-13-22-19(23-16,17(20)14-9-5-3-6-10-14)18(21)15-11-7-4-8-12-15/h3-12,16H,2,13H2,1H3. The van der Waals surface area contributed by atoms with Crippen molar-refractivity contribution >= 4 is 23.3 Å². The first-order chi connectivity index (χ1) is 11.7. The summed E-state index contributed by atoms with van der Waals surface area (Å²) in [6.07, 6.45) is 0. The van der Waals surface area contributed by atoms with E-state index in [1.807, 2.05) is 19.1 Å². The molecule has 1 atom stereocenters. The summed E-state index contributed by atoms with van der Waals surface area (Å²) < 4.78 is 11.6. The highest BCUT2D eigenvalue weighted by Gasteiger charge is 2.55. The van der Waals surface area contributed by atoms with Crippen LogP contribution >= 0.6 is 11.8 Å². The van der Waals surface area contributed by atoms with Crippen LogP contribution in [0.5, 0.6) is 0 Å². The lowest BCUT2D eigenvalue weighted by Gasteiger charge is -2.25. The van der Waals surface area contributed by atoms with Gasteiger partial charge in [0.1, 0.15) is 5.44 Å². The van der Waals surface area contributed by atoms with Gasteiger partial charge < -0.3 is 9.47 Å². The summed E-state index contributed by atoms with van der Waals surface area (Å²) in [5.41, 5.74) is 0.447. The van der Waals surface area contributed by atoms with Gasteiger partial charge in [-0.15, -0.1) is 11.8 Å². The zero-order valence-corrected chi connectivity index (χ0v) is 14.1. The molecule has 0 aromatic heterocycles. The summed E-state index contributed by atoms with van der Waals surface area (Å²) in [6, 6.07) is 17.3. The Hall–Kier alpha value is -1.95. The summed E-state index contributed by atoms with van der Waals surface area (Å²) >= 11 is 1.51. The Morgan fingerprint density at radius 2 is 1.50 bits per heavy atom. The van der Waals surface area contributed by atoms with Crippen LogP contribution in [0.4, 0.5) is 0 Å². The number of carbonyl (C=O) groups is 2. The second-order valence-electron chi connectivity index (χ2n) is 5.32. The third kappa shape index (κ3) is 3.15. The molecule has 0 saturated carbocycles. The summed E-state index contributed by atoms with van der Waals surface area (Å²) in [5.74, 6) is -2.02. The van der Waals surface area contributed by atoms with Gasteiger partial charge in [0.25, 0.3) is 0 Å². The quantitative estimate of drug-likeness (QED) is 0.593. The molecule has 3 rings (SSSR count). The van der Waals surface area contributed by atoms with Gasteiger partial charge in [0, 0.05) is 11.1 Å². The van der Waals surface area contributed by atoms with Crippen molar-refractivity contribution in [1.82, 2.24) is 0 Å². The molecule has 1 unspecified atom stereocenters. The molecule has 2 aromatic carbocycles. The lowest BCUT2D eigenvalue weighted by atomic mass is 9.95. The van der Waals surface area contributed by atoms with E-state index in [9.17, 15) is 9.59 Å². The number of thioether (sulfide) groups is 1. The molecule has 1 saturated heterocycles. The molecule has 1 heterocycles. The van der Waals surface area contributed by atoms with Gasteiger partial charge in [0.15, 0.2) is 0 Å². The number of ketones is 2. The number of Topliss-reactive ketones (excluding diaryl/α,β-unsaturated/α-hetero) is 2. The lowest BCUT2D eigenvalue weighted by molar-refractivity contribution is -0.0912. The molecule has 0 bridgehead atoms. The molecule has 24 heavy (non-hydrogen) atoms. The van der Waals surface area contributed by atoms with Crippen LogP contribution in [0, 0.1) is 0 Å². The predicted molar refractivity (Wildman–Crippen MR) is 93.2 cm³/mol. The van der Waals surface area contributed by atoms with Crippen LogP contribution in [0.2, 0.25) is 0 Å². The summed E-state index contributed by atoms with van der Waals surface area (Å²) in [6.45, 7) is 2.20. The topological polar surface area (TPSA) is 52.6 Å². The van der Waals surface area contributed by atoms with Crippen LogP contribution in [-0.2, 0) is 9.47 Å². The maximum atomic E-state index is 13.1. The van der Waals surface area contributed by atoms with Crippen molar-refractivity contribution in [3.63, 3.8) is 0 Å². The fourth-order valence-corrected chi connectivity index (χ4v) is 3.35. The molecule has 2 aromatic rings. The van der Waals surface area contributed by atoms with Crippen LogP contribution in [-0.4, -0.2) is 35.1 Å². The largest absolute Gasteiger partial charge is 0.333 e.